The molecule has 0 atom stereocenters. The van der Waals surface area contributed by atoms with Crippen LogP contribution in [0.4, 0.5) is 0 Å². The Labute approximate surface area is 136 Å². The average molecular weight is 316 g/mol. The topological polar surface area (TPSA) is 49.3 Å². The second-order valence-electron chi connectivity index (χ2n) is 5.46. The van der Waals surface area contributed by atoms with E-state index in [1.807, 2.05) is 18.2 Å². The van der Waals surface area contributed by atoms with Crippen molar-refractivity contribution in [3.8, 4) is 11.3 Å². The first-order chi connectivity index (χ1) is 10.7. The molecule has 2 N–H and O–H groups in total. The minimum atomic E-state index is 0.591. The Bertz CT molecular complexity index is 590. The van der Waals surface area contributed by atoms with E-state index in [0.717, 1.165) is 35.3 Å². The predicted molar refractivity (Wildman–Crippen MR) is 95.2 cm³/mol. The summed E-state index contributed by atoms with van der Waals surface area (Å²) in [7, 11) is 0. The SMILES string of the molecule is CCNC(=NCc1nc(-c2ccccc2)cs1)NCC(C)C. The second-order valence-corrected chi connectivity index (χ2v) is 6.41. The van der Waals surface area contributed by atoms with Gasteiger partial charge in [-0.05, 0) is 12.8 Å². The van der Waals surface area contributed by atoms with E-state index >= 15 is 0 Å². The summed E-state index contributed by atoms with van der Waals surface area (Å²) < 4.78 is 0. The summed E-state index contributed by atoms with van der Waals surface area (Å²) in [5.41, 5.74) is 2.18. The highest BCUT2D eigenvalue weighted by molar-refractivity contribution is 7.09. The number of thiazole rings is 1. The molecule has 0 aliphatic carbocycles. The van der Waals surface area contributed by atoms with Gasteiger partial charge in [-0.3, -0.25) is 0 Å². The Morgan fingerprint density at radius 2 is 2.00 bits per heavy atom. The van der Waals surface area contributed by atoms with Gasteiger partial charge in [-0.2, -0.15) is 0 Å². The molecule has 0 saturated carbocycles. The first-order valence-electron chi connectivity index (χ1n) is 7.71. The van der Waals surface area contributed by atoms with Crippen molar-refractivity contribution in [3.05, 3.63) is 40.7 Å². The molecule has 0 saturated heterocycles. The molecule has 2 aromatic rings. The van der Waals surface area contributed by atoms with Crippen molar-refractivity contribution in [1.82, 2.24) is 15.6 Å². The highest BCUT2D eigenvalue weighted by atomic mass is 32.1. The van der Waals surface area contributed by atoms with Crippen LogP contribution in [0.2, 0.25) is 0 Å². The van der Waals surface area contributed by atoms with E-state index in [0.29, 0.717) is 12.5 Å². The summed E-state index contributed by atoms with van der Waals surface area (Å²) in [6, 6.07) is 10.2. The van der Waals surface area contributed by atoms with Crippen molar-refractivity contribution in [2.75, 3.05) is 13.1 Å². The molecule has 0 amide bonds. The monoisotopic (exact) mass is 316 g/mol. The van der Waals surface area contributed by atoms with Gasteiger partial charge in [0.1, 0.15) is 5.01 Å². The van der Waals surface area contributed by atoms with Gasteiger partial charge < -0.3 is 10.6 Å². The number of hydrogen-bond donors (Lipinski definition) is 2. The molecule has 0 spiro atoms. The van der Waals surface area contributed by atoms with Gasteiger partial charge in [-0.15, -0.1) is 11.3 Å². The van der Waals surface area contributed by atoms with Crippen LogP contribution in [0.3, 0.4) is 0 Å². The third-order valence-electron chi connectivity index (χ3n) is 3.02. The normalized spacial score (nSPS) is 11.7. The zero-order chi connectivity index (χ0) is 15.8. The largest absolute Gasteiger partial charge is 0.357 e. The van der Waals surface area contributed by atoms with Crippen molar-refractivity contribution in [1.29, 1.82) is 0 Å². The van der Waals surface area contributed by atoms with Gasteiger partial charge in [0.25, 0.3) is 0 Å². The molecule has 2 rings (SSSR count). The highest BCUT2D eigenvalue weighted by Gasteiger charge is 2.04. The van der Waals surface area contributed by atoms with E-state index < -0.39 is 0 Å². The van der Waals surface area contributed by atoms with Crippen LogP contribution in [0.5, 0.6) is 0 Å². The second kappa shape index (κ2) is 8.54. The van der Waals surface area contributed by atoms with Crippen molar-refractivity contribution in [3.63, 3.8) is 0 Å². The Morgan fingerprint density at radius 1 is 1.23 bits per heavy atom. The van der Waals surface area contributed by atoms with E-state index in [4.69, 9.17) is 0 Å². The molecule has 5 heteroatoms. The molecule has 0 radical (unpaired) electrons. The third kappa shape index (κ3) is 5.15. The van der Waals surface area contributed by atoms with Crippen molar-refractivity contribution < 1.29 is 0 Å². The summed E-state index contributed by atoms with van der Waals surface area (Å²) in [6.45, 7) is 8.82. The number of rotatable bonds is 6. The molecule has 1 aromatic carbocycles. The van der Waals surface area contributed by atoms with Crippen LogP contribution >= 0.6 is 11.3 Å². The van der Waals surface area contributed by atoms with Crippen LogP contribution in [0, 0.1) is 5.92 Å². The minimum absolute atomic E-state index is 0.591. The molecular weight excluding hydrogens is 292 g/mol. The number of nitrogens with one attached hydrogen (secondary N) is 2. The van der Waals surface area contributed by atoms with Crippen LogP contribution in [-0.2, 0) is 6.54 Å². The molecule has 1 heterocycles. The zero-order valence-corrected chi connectivity index (χ0v) is 14.3. The summed E-state index contributed by atoms with van der Waals surface area (Å²) >= 11 is 1.66. The summed E-state index contributed by atoms with van der Waals surface area (Å²) in [5.74, 6) is 1.45. The van der Waals surface area contributed by atoms with E-state index in [9.17, 15) is 0 Å². The predicted octanol–water partition coefficient (Wildman–Crippen LogP) is 3.52. The molecule has 118 valence electrons. The lowest BCUT2D eigenvalue weighted by molar-refractivity contribution is 0.615. The van der Waals surface area contributed by atoms with E-state index in [-0.39, 0.29) is 0 Å². The van der Waals surface area contributed by atoms with Crippen LogP contribution < -0.4 is 10.6 Å². The van der Waals surface area contributed by atoms with Crippen LogP contribution in [0.15, 0.2) is 40.7 Å². The number of nitrogens with zero attached hydrogens (tertiary/aromatic N) is 2. The van der Waals surface area contributed by atoms with Crippen LogP contribution in [-0.4, -0.2) is 24.0 Å². The maximum Gasteiger partial charge on any atom is 0.191 e. The first-order valence-corrected chi connectivity index (χ1v) is 8.59. The average Bonchev–Trinajstić information content (AvgIpc) is 3.00. The van der Waals surface area contributed by atoms with Gasteiger partial charge >= 0.3 is 0 Å². The standard InChI is InChI=1S/C17H24N4S/c1-4-18-17(19-10-13(2)3)20-11-16-21-15(12-22-16)14-8-6-5-7-9-14/h5-9,12-13H,4,10-11H2,1-3H3,(H2,18,19,20). The fraction of sp³-hybridized carbons (Fsp3) is 0.412. The maximum atomic E-state index is 4.66. The molecule has 0 fully saturated rings. The lowest BCUT2D eigenvalue weighted by atomic mass is 10.2. The zero-order valence-electron chi connectivity index (χ0n) is 13.5. The van der Waals surface area contributed by atoms with Gasteiger partial charge in [-0.1, -0.05) is 44.2 Å². The van der Waals surface area contributed by atoms with Gasteiger partial charge in [0.15, 0.2) is 5.96 Å². The van der Waals surface area contributed by atoms with Gasteiger partial charge in [0.2, 0.25) is 0 Å². The van der Waals surface area contributed by atoms with Crippen molar-refractivity contribution in [2.24, 2.45) is 10.9 Å². The van der Waals surface area contributed by atoms with E-state index in [1.54, 1.807) is 11.3 Å². The smallest absolute Gasteiger partial charge is 0.191 e. The molecular formula is C17H24N4S. The number of hydrogen-bond acceptors (Lipinski definition) is 3. The van der Waals surface area contributed by atoms with Crippen LogP contribution in [0.25, 0.3) is 11.3 Å². The Hall–Kier alpha value is -1.88. The van der Waals surface area contributed by atoms with E-state index in [1.165, 1.54) is 0 Å². The Kier molecular flexibility index (Phi) is 6.40. The van der Waals surface area contributed by atoms with E-state index in [2.05, 4.69) is 58.9 Å². The number of aromatic nitrogens is 1. The summed E-state index contributed by atoms with van der Waals surface area (Å²) in [5, 5.41) is 9.73. The lowest BCUT2D eigenvalue weighted by Gasteiger charge is -2.12. The molecule has 4 nitrogen and oxygen atoms in total. The number of aliphatic imine (C=N–C) groups is 1. The maximum absolute atomic E-state index is 4.66. The van der Waals surface area contributed by atoms with Gasteiger partial charge in [0.05, 0.1) is 12.2 Å². The molecule has 0 bridgehead atoms. The van der Waals surface area contributed by atoms with Crippen molar-refractivity contribution >= 4 is 17.3 Å². The molecule has 0 aliphatic rings. The lowest BCUT2D eigenvalue weighted by Crippen LogP contribution is -2.39. The first kappa shape index (κ1) is 16.5. The highest BCUT2D eigenvalue weighted by Crippen LogP contribution is 2.21. The fourth-order valence-electron chi connectivity index (χ4n) is 1.91. The third-order valence-corrected chi connectivity index (χ3v) is 3.85. The Balaban J connectivity index is 2.00. The minimum Gasteiger partial charge on any atom is -0.357 e. The van der Waals surface area contributed by atoms with Crippen LogP contribution in [0.1, 0.15) is 25.8 Å². The number of guanidine groups is 1. The molecule has 1 aromatic heterocycles. The van der Waals surface area contributed by atoms with Gasteiger partial charge in [0, 0.05) is 24.0 Å². The summed E-state index contributed by atoms with van der Waals surface area (Å²) in [4.78, 5) is 9.27. The molecule has 22 heavy (non-hydrogen) atoms. The van der Waals surface area contributed by atoms with Crippen molar-refractivity contribution in [2.45, 2.75) is 27.3 Å². The fourth-order valence-corrected chi connectivity index (χ4v) is 2.64. The molecule has 0 aliphatic heterocycles. The van der Waals surface area contributed by atoms with Gasteiger partial charge in [-0.25, -0.2) is 9.98 Å². The summed E-state index contributed by atoms with van der Waals surface area (Å²) in [6.07, 6.45) is 0. The molecule has 0 unspecified atom stereocenters. The quantitative estimate of drug-likeness (QED) is 0.633. The number of benzene rings is 1. The Morgan fingerprint density at radius 3 is 2.68 bits per heavy atom.